The molecule has 1 unspecified atom stereocenters. The first-order chi connectivity index (χ1) is 36.9. The van der Waals surface area contributed by atoms with Gasteiger partial charge in [-0.1, -0.05) is 56.9 Å². The number of hydrogen-bond acceptors (Lipinski definition) is 15. The van der Waals surface area contributed by atoms with E-state index >= 15 is 0 Å². The molecule has 0 saturated heterocycles. The summed E-state index contributed by atoms with van der Waals surface area (Å²) in [5.41, 5.74) is 3.50. The van der Waals surface area contributed by atoms with Crippen molar-refractivity contribution in [2.45, 2.75) is 97.4 Å². The number of aromatic amines is 1. The van der Waals surface area contributed by atoms with Crippen molar-refractivity contribution in [2.24, 2.45) is 0 Å². The molecule has 0 bridgehead atoms. The van der Waals surface area contributed by atoms with Crippen LogP contribution >= 0.6 is 0 Å². The average Bonchev–Trinajstić information content (AvgIpc) is 3.87. The first-order valence-corrected chi connectivity index (χ1v) is 26.7. The van der Waals surface area contributed by atoms with Crippen LogP contribution in [0, 0.1) is 0 Å². The number of nitrogens with zero attached hydrogens (tertiary/aromatic N) is 4. The minimum absolute atomic E-state index is 0.175. The van der Waals surface area contributed by atoms with E-state index in [2.05, 4.69) is 68.3 Å². The molecule has 410 valence electrons. The smallest absolute Gasteiger partial charge is 0.321 e. The van der Waals surface area contributed by atoms with Crippen LogP contribution in [0.5, 0.6) is 28.7 Å². The molecule has 6 rings (SSSR count). The van der Waals surface area contributed by atoms with Crippen LogP contribution in [0.15, 0.2) is 83.8 Å². The number of fused-ring (bicyclic) bond motifs is 2. The van der Waals surface area contributed by atoms with Crippen LogP contribution in [0.25, 0.3) is 0 Å². The highest BCUT2D eigenvalue weighted by Gasteiger charge is 2.15. The molecule has 1 aliphatic rings. The van der Waals surface area contributed by atoms with Gasteiger partial charge in [-0.25, -0.2) is 9.78 Å². The Balaban J connectivity index is 0.805. The number of quaternary nitrogens is 1. The van der Waals surface area contributed by atoms with Gasteiger partial charge in [0.2, 0.25) is 5.95 Å². The summed E-state index contributed by atoms with van der Waals surface area (Å²) in [6.45, 7) is 13.1. The number of aromatic nitrogens is 5. The molecule has 2 amide bonds. The number of hydrogen-bond donors (Lipinski definition) is 4. The highest BCUT2D eigenvalue weighted by Crippen LogP contribution is 2.29. The maximum Gasteiger partial charge on any atom is 0.321 e. The van der Waals surface area contributed by atoms with Gasteiger partial charge in [0.1, 0.15) is 57.6 Å². The van der Waals surface area contributed by atoms with Crippen LogP contribution in [-0.4, -0.2) is 130 Å². The lowest BCUT2D eigenvalue weighted by molar-refractivity contribution is -0.686. The second kappa shape index (κ2) is 35.1. The fraction of sp³-hybridized carbons (Fsp3) is 0.545. The van der Waals surface area contributed by atoms with Crippen molar-refractivity contribution in [1.82, 2.24) is 30.3 Å². The van der Waals surface area contributed by atoms with E-state index in [1.165, 1.54) is 11.6 Å². The molecule has 1 aliphatic heterocycles. The fourth-order valence-electron chi connectivity index (χ4n) is 7.99. The number of ether oxygens (including phenoxy) is 10. The Morgan fingerprint density at radius 1 is 0.707 bits per heavy atom. The average molecular weight is 1040 g/mol. The molecule has 3 aromatic carbocycles. The Kier molecular flexibility index (Phi) is 27.1. The molecule has 0 fully saturated rings. The molecule has 0 radical (unpaired) electrons. The van der Waals surface area contributed by atoms with Gasteiger partial charge < -0.3 is 58.0 Å². The highest BCUT2D eigenvalue weighted by atomic mass is 16.6. The first-order valence-electron chi connectivity index (χ1n) is 26.7. The summed E-state index contributed by atoms with van der Waals surface area (Å²) in [5, 5.41) is 16.3. The van der Waals surface area contributed by atoms with E-state index < -0.39 is 0 Å². The van der Waals surface area contributed by atoms with E-state index in [0.29, 0.717) is 129 Å². The first kappa shape index (κ1) is 58.0. The van der Waals surface area contributed by atoms with Gasteiger partial charge in [0, 0.05) is 36.2 Å². The summed E-state index contributed by atoms with van der Waals surface area (Å²) in [5.74, 6) is 3.78. The summed E-state index contributed by atoms with van der Waals surface area (Å²) in [6.07, 6.45) is 9.60. The topological polar surface area (TPSA) is 226 Å². The largest absolute Gasteiger partial charge is 0.491 e. The van der Waals surface area contributed by atoms with E-state index in [-0.39, 0.29) is 23.5 Å². The molecule has 3 heterocycles. The van der Waals surface area contributed by atoms with Crippen LogP contribution < -0.4 is 45.2 Å². The minimum Gasteiger partial charge on any atom is -0.491 e. The fourth-order valence-corrected chi connectivity index (χ4v) is 7.99. The third-order valence-electron chi connectivity index (χ3n) is 12.0. The Hall–Kier alpha value is -6.29. The van der Waals surface area contributed by atoms with Gasteiger partial charge in [-0.3, -0.25) is 19.8 Å². The molecule has 2 aromatic heterocycles. The van der Waals surface area contributed by atoms with E-state index in [1.54, 1.807) is 0 Å². The lowest BCUT2D eigenvalue weighted by Gasteiger charge is -2.15. The van der Waals surface area contributed by atoms with Gasteiger partial charge in [0.25, 0.3) is 5.56 Å². The summed E-state index contributed by atoms with van der Waals surface area (Å²) in [7, 11) is 0. The van der Waals surface area contributed by atoms with Gasteiger partial charge in [-0.15, -0.1) is 5.10 Å². The highest BCUT2D eigenvalue weighted by molar-refractivity contribution is 5.87. The quantitative estimate of drug-likeness (QED) is 0.0507. The summed E-state index contributed by atoms with van der Waals surface area (Å²) < 4.78 is 60.4. The zero-order valence-corrected chi connectivity index (χ0v) is 43.9. The number of amides is 2. The van der Waals surface area contributed by atoms with E-state index in [0.717, 1.165) is 93.7 Å². The molecule has 20 heteroatoms. The second-order valence-electron chi connectivity index (χ2n) is 17.8. The standard InChI is InChI=1S/C55H78N8O12/c1-3-5-12-45(4-2)48-38-53(64)59-54(58-48)60-55(65)57-21-10-6-7-11-22-63-41-46(61-62-63)42-70-31-32-71-47-18-15-43(16-19-47)39-56-40-44-17-20-51-52(37-44)75-36-30-69-26-25-67-28-34-73-50-14-9-8-13-49(50)72-33-27-66-23-24-68-29-35-74-51/h8-9,13-20,37-38,41,45,56H,3-7,10-12,21-36,39-40,42H2,1-2H3,(H3,57,58,59,60,64,65)/p+1. The minimum atomic E-state index is -0.384. The van der Waals surface area contributed by atoms with E-state index in [4.69, 9.17) is 47.4 Å². The lowest BCUT2D eigenvalue weighted by Crippen LogP contribution is -2.80. The molecule has 0 spiro atoms. The zero-order chi connectivity index (χ0) is 52.4. The van der Waals surface area contributed by atoms with Crippen LogP contribution in [-0.2, 0) is 49.9 Å². The van der Waals surface area contributed by atoms with Crippen molar-refractivity contribution in [2.75, 3.05) is 104 Å². The van der Waals surface area contributed by atoms with Crippen molar-refractivity contribution in [3.05, 3.63) is 112 Å². The maximum absolute atomic E-state index is 12.5. The number of urea groups is 1. The number of benzene rings is 3. The van der Waals surface area contributed by atoms with Crippen LogP contribution in [0.3, 0.4) is 0 Å². The van der Waals surface area contributed by atoms with Crippen molar-refractivity contribution < 1.29 is 57.5 Å². The van der Waals surface area contributed by atoms with Crippen molar-refractivity contribution in [3.63, 3.8) is 0 Å². The van der Waals surface area contributed by atoms with Gasteiger partial charge in [0.15, 0.2) is 23.0 Å². The molecule has 75 heavy (non-hydrogen) atoms. The number of unbranched alkanes of at least 4 members (excludes halogenated alkanes) is 4. The van der Waals surface area contributed by atoms with Crippen molar-refractivity contribution in [1.29, 1.82) is 0 Å². The molecular formula is C55H79N8O12+. The van der Waals surface area contributed by atoms with E-state index in [9.17, 15) is 9.59 Å². The van der Waals surface area contributed by atoms with Crippen molar-refractivity contribution in [3.8, 4) is 28.7 Å². The predicted molar refractivity (Wildman–Crippen MR) is 282 cm³/mol. The van der Waals surface area contributed by atoms with Gasteiger partial charge >= 0.3 is 6.03 Å². The van der Waals surface area contributed by atoms with Crippen molar-refractivity contribution >= 4 is 12.0 Å². The number of nitrogens with one attached hydrogen (secondary N) is 3. The number of rotatable bonds is 23. The van der Waals surface area contributed by atoms with Gasteiger partial charge in [-0.2, -0.15) is 0 Å². The Morgan fingerprint density at radius 3 is 1.99 bits per heavy atom. The monoisotopic (exact) mass is 1040 g/mol. The van der Waals surface area contributed by atoms with Gasteiger partial charge in [-0.05, 0) is 80.3 Å². The Bertz CT molecular complexity index is 2400. The molecule has 5 N–H and O–H groups in total. The number of carbonyl (C=O) groups excluding carboxylic acids is 1. The lowest BCUT2D eigenvalue weighted by atomic mass is 9.96. The SMILES string of the molecule is CCCCC(CC)c1cc(=O)[nH]c(NC(=O)NCCCCCCn2cc(COCCOc3ccc(C[NH2+]Cc4ccc5c(c4)OCCOCCOCCOc4ccccc4OCCOCCOCCO5)cc3)nn2)n1. The Morgan fingerprint density at radius 2 is 1.32 bits per heavy atom. The summed E-state index contributed by atoms with van der Waals surface area (Å²) in [6, 6.07) is 22.8. The number of nitrogens with two attached hydrogens (primary N) is 1. The number of aryl methyl sites for hydroxylation is 1. The summed E-state index contributed by atoms with van der Waals surface area (Å²) in [4.78, 5) is 31.8. The second-order valence-corrected chi connectivity index (χ2v) is 17.8. The van der Waals surface area contributed by atoms with Crippen LogP contribution in [0.4, 0.5) is 10.7 Å². The maximum atomic E-state index is 12.5. The predicted octanol–water partition coefficient (Wildman–Crippen LogP) is 6.58. The molecule has 1 atom stereocenters. The Labute approximate surface area is 440 Å². The third kappa shape index (κ3) is 23.0. The molecule has 5 aromatic rings. The van der Waals surface area contributed by atoms with Crippen LogP contribution in [0.2, 0.25) is 0 Å². The molecule has 20 nitrogen and oxygen atoms in total. The number of para-hydroxylation sites is 2. The molecule has 0 saturated carbocycles. The number of anilines is 1. The summed E-state index contributed by atoms with van der Waals surface area (Å²) >= 11 is 0. The van der Waals surface area contributed by atoms with E-state index in [1.807, 2.05) is 59.4 Å². The van der Waals surface area contributed by atoms with Gasteiger partial charge in [0.05, 0.1) is 78.0 Å². The van der Waals surface area contributed by atoms with Crippen LogP contribution in [0.1, 0.15) is 93.6 Å². The third-order valence-corrected chi connectivity index (χ3v) is 12.0. The normalized spacial score (nSPS) is 14.8. The number of carbonyl (C=O) groups is 1. The molecule has 0 aliphatic carbocycles. The zero-order valence-electron chi connectivity index (χ0n) is 43.9. The number of H-pyrrole nitrogens is 1. The molecular weight excluding hydrogens is 965 g/mol.